The fourth-order valence-electron chi connectivity index (χ4n) is 2.21. The number of nitrogens with one attached hydrogen (secondary N) is 2. The molecular weight excluding hydrogens is 300 g/mol. The molecule has 0 fully saturated rings. The van der Waals surface area contributed by atoms with Crippen LogP contribution in [0.2, 0.25) is 0 Å². The molecule has 0 aliphatic carbocycles. The number of phenols is 1. The summed E-state index contributed by atoms with van der Waals surface area (Å²) in [6.45, 7) is 7.26. The number of allylic oxidation sites excluding steroid dienone is 1. The molecule has 0 radical (unpaired) electrons. The Labute approximate surface area is 135 Å². The highest BCUT2D eigenvalue weighted by Crippen LogP contribution is 2.29. The van der Waals surface area contributed by atoms with E-state index >= 15 is 0 Å². The second kappa shape index (κ2) is 5.96. The standard InChI is InChI=1S/C16H20N2O3S/c1-9-12(14(20)21-16(2,3)4)13(18-15(22)17-9)10-5-7-11(19)8-6-10/h5-8,13,19H,1-4H3,(H2,17,18,22). The van der Waals surface area contributed by atoms with Crippen LogP contribution in [0.15, 0.2) is 35.5 Å². The lowest BCUT2D eigenvalue weighted by atomic mass is 9.95. The van der Waals surface area contributed by atoms with Crippen molar-refractivity contribution < 1.29 is 14.6 Å². The molecule has 1 aromatic carbocycles. The van der Waals surface area contributed by atoms with Gasteiger partial charge in [-0.25, -0.2) is 4.79 Å². The lowest BCUT2D eigenvalue weighted by Gasteiger charge is -2.31. The number of aromatic hydroxyl groups is 1. The van der Waals surface area contributed by atoms with Crippen molar-refractivity contribution in [3.63, 3.8) is 0 Å². The van der Waals surface area contributed by atoms with Crippen molar-refractivity contribution in [2.75, 3.05) is 0 Å². The number of hydrogen-bond acceptors (Lipinski definition) is 4. The van der Waals surface area contributed by atoms with E-state index in [0.29, 0.717) is 16.4 Å². The predicted molar refractivity (Wildman–Crippen MR) is 88.3 cm³/mol. The number of esters is 1. The molecule has 1 aromatic rings. The molecule has 1 heterocycles. The number of phenolic OH excluding ortho intramolecular Hbond substituents is 1. The average Bonchev–Trinajstić information content (AvgIpc) is 2.36. The Bertz CT molecular complexity index is 630. The Morgan fingerprint density at radius 3 is 2.41 bits per heavy atom. The van der Waals surface area contributed by atoms with Crippen molar-refractivity contribution in [1.29, 1.82) is 0 Å². The Hall–Kier alpha value is -2.08. The third-order valence-corrected chi connectivity index (χ3v) is 3.33. The summed E-state index contributed by atoms with van der Waals surface area (Å²) in [5.41, 5.74) is 1.38. The molecule has 118 valence electrons. The van der Waals surface area contributed by atoms with Crippen LogP contribution in [0.4, 0.5) is 0 Å². The molecule has 0 aromatic heterocycles. The van der Waals surface area contributed by atoms with E-state index in [1.165, 1.54) is 0 Å². The van der Waals surface area contributed by atoms with Crippen LogP contribution < -0.4 is 10.6 Å². The molecule has 0 saturated carbocycles. The zero-order valence-electron chi connectivity index (χ0n) is 13.1. The van der Waals surface area contributed by atoms with Gasteiger partial charge in [0.05, 0.1) is 11.6 Å². The Kier molecular flexibility index (Phi) is 4.42. The molecule has 5 nitrogen and oxygen atoms in total. The number of hydrogen-bond donors (Lipinski definition) is 3. The molecule has 3 N–H and O–H groups in total. The highest BCUT2D eigenvalue weighted by Gasteiger charge is 2.32. The van der Waals surface area contributed by atoms with Crippen molar-refractivity contribution in [3.8, 4) is 5.75 Å². The SMILES string of the molecule is CC1=C(C(=O)OC(C)(C)C)C(c2ccc(O)cc2)NC(=S)N1. The summed E-state index contributed by atoms with van der Waals surface area (Å²) in [5.74, 6) is -0.231. The summed E-state index contributed by atoms with van der Waals surface area (Å²) in [4.78, 5) is 12.5. The van der Waals surface area contributed by atoms with Gasteiger partial charge in [-0.2, -0.15) is 0 Å². The largest absolute Gasteiger partial charge is 0.508 e. The minimum Gasteiger partial charge on any atom is -0.508 e. The normalized spacial score (nSPS) is 18.5. The number of rotatable bonds is 2. The first-order valence-electron chi connectivity index (χ1n) is 6.98. The van der Waals surface area contributed by atoms with E-state index < -0.39 is 17.6 Å². The molecule has 6 heteroatoms. The van der Waals surface area contributed by atoms with E-state index in [1.807, 2.05) is 20.8 Å². The topological polar surface area (TPSA) is 70.6 Å². The van der Waals surface area contributed by atoms with E-state index in [4.69, 9.17) is 17.0 Å². The van der Waals surface area contributed by atoms with Gasteiger partial charge in [0, 0.05) is 5.70 Å². The molecular formula is C16H20N2O3S. The first-order chi connectivity index (χ1) is 10.2. The van der Waals surface area contributed by atoms with Crippen molar-refractivity contribution in [2.45, 2.75) is 39.3 Å². The minimum atomic E-state index is -0.582. The number of benzene rings is 1. The van der Waals surface area contributed by atoms with Gasteiger partial charge >= 0.3 is 5.97 Å². The van der Waals surface area contributed by atoms with E-state index in [0.717, 1.165) is 5.56 Å². The summed E-state index contributed by atoms with van der Waals surface area (Å²) >= 11 is 5.18. The zero-order chi connectivity index (χ0) is 16.5. The maximum atomic E-state index is 12.5. The number of carbonyl (C=O) groups excluding carboxylic acids is 1. The Morgan fingerprint density at radius 1 is 1.27 bits per heavy atom. The predicted octanol–water partition coefficient (Wildman–Crippen LogP) is 2.53. The second-order valence-corrected chi connectivity index (χ2v) is 6.57. The maximum Gasteiger partial charge on any atom is 0.338 e. The van der Waals surface area contributed by atoms with Crippen LogP contribution in [0.1, 0.15) is 39.3 Å². The zero-order valence-corrected chi connectivity index (χ0v) is 13.9. The molecule has 0 spiro atoms. The van der Waals surface area contributed by atoms with E-state index in [9.17, 15) is 9.90 Å². The first-order valence-corrected chi connectivity index (χ1v) is 7.39. The molecule has 0 bridgehead atoms. The van der Waals surface area contributed by atoms with Gasteiger partial charge in [-0.05, 0) is 57.6 Å². The van der Waals surface area contributed by atoms with Gasteiger partial charge in [-0.15, -0.1) is 0 Å². The molecule has 0 amide bonds. The summed E-state index contributed by atoms with van der Waals surface area (Å²) in [6.07, 6.45) is 0. The third kappa shape index (κ3) is 3.76. The molecule has 1 aliphatic heterocycles. The van der Waals surface area contributed by atoms with Gasteiger partial charge in [0.2, 0.25) is 0 Å². The second-order valence-electron chi connectivity index (χ2n) is 6.16. The molecule has 1 aliphatic rings. The molecule has 1 unspecified atom stereocenters. The number of carbonyl (C=O) groups is 1. The van der Waals surface area contributed by atoms with E-state index in [1.54, 1.807) is 31.2 Å². The van der Waals surface area contributed by atoms with E-state index in [2.05, 4.69) is 10.6 Å². The number of thiocarbonyl (C=S) groups is 1. The fourth-order valence-corrected chi connectivity index (χ4v) is 2.49. The third-order valence-electron chi connectivity index (χ3n) is 3.11. The van der Waals surface area contributed by atoms with Crippen molar-refractivity contribution in [1.82, 2.24) is 10.6 Å². The van der Waals surface area contributed by atoms with Gasteiger partial charge in [-0.1, -0.05) is 12.1 Å². The summed E-state index contributed by atoms with van der Waals surface area (Å²) in [5, 5.41) is 15.9. The minimum absolute atomic E-state index is 0.166. The highest BCUT2D eigenvalue weighted by molar-refractivity contribution is 7.80. The van der Waals surface area contributed by atoms with Crippen LogP contribution in [-0.2, 0) is 9.53 Å². The molecule has 2 rings (SSSR count). The van der Waals surface area contributed by atoms with Gasteiger partial charge in [0.15, 0.2) is 5.11 Å². The van der Waals surface area contributed by atoms with Crippen LogP contribution in [0.25, 0.3) is 0 Å². The monoisotopic (exact) mass is 320 g/mol. The lowest BCUT2D eigenvalue weighted by molar-refractivity contribution is -0.150. The molecule has 0 saturated heterocycles. The molecule has 22 heavy (non-hydrogen) atoms. The first kappa shape index (κ1) is 16.3. The quantitative estimate of drug-likeness (QED) is 0.574. The smallest absolute Gasteiger partial charge is 0.338 e. The number of ether oxygens (including phenoxy) is 1. The van der Waals surface area contributed by atoms with Crippen LogP contribution in [-0.4, -0.2) is 21.8 Å². The van der Waals surface area contributed by atoms with E-state index in [-0.39, 0.29) is 5.75 Å². The molecule has 1 atom stereocenters. The summed E-state index contributed by atoms with van der Waals surface area (Å²) in [7, 11) is 0. The average molecular weight is 320 g/mol. The van der Waals surface area contributed by atoms with Crippen molar-refractivity contribution in [2.24, 2.45) is 0 Å². The maximum absolute atomic E-state index is 12.5. The summed E-state index contributed by atoms with van der Waals surface area (Å²) in [6, 6.07) is 6.23. The summed E-state index contributed by atoms with van der Waals surface area (Å²) < 4.78 is 5.49. The Morgan fingerprint density at radius 2 is 1.86 bits per heavy atom. The van der Waals surface area contributed by atoms with Gasteiger partial charge in [0.1, 0.15) is 11.4 Å². The van der Waals surface area contributed by atoms with Crippen LogP contribution in [0.3, 0.4) is 0 Å². The highest BCUT2D eigenvalue weighted by atomic mass is 32.1. The van der Waals surface area contributed by atoms with Crippen LogP contribution in [0, 0.1) is 0 Å². The van der Waals surface area contributed by atoms with Crippen molar-refractivity contribution >= 4 is 23.3 Å². The van der Waals surface area contributed by atoms with Crippen LogP contribution >= 0.6 is 12.2 Å². The van der Waals surface area contributed by atoms with Gasteiger partial charge in [0.25, 0.3) is 0 Å². The van der Waals surface area contributed by atoms with Gasteiger partial charge in [-0.3, -0.25) is 0 Å². The Balaban J connectivity index is 2.41. The fraction of sp³-hybridized carbons (Fsp3) is 0.375. The van der Waals surface area contributed by atoms with Gasteiger partial charge < -0.3 is 20.5 Å². The lowest BCUT2D eigenvalue weighted by Crippen LogP contribution is -2.45. The van der Waals surface area contributed by atoms with Crippen molar-refractivity contribution in [3.05, 3.63) is 41.1 Å². The van der Waals surface area contributed by atoms with Crippen LogP contribution in [0.5, 0.6) is 5.75 Å².